The summed E-state index contributed by atoms with van der Waals surface area (Å²) in [5.74, 6) is -0.614. The van der Waals surface area contributed by atoms with Gasteiger partial charge >= 0.3 is 5.69 Å². The van der Waals surface area contributed by atoms with Crippen molar-refractivity contribution in [2.75, 3.05) is 13.2 Å². The first-order valence-electron chi connectivity index (χ1n) is 5.92. The molecule has 8 heteroatoms. The Kier molecular flexibility index (Phi) is 5.29. The summed E-state index contributed by atoms with van der Waals surface area (Å²) in [7, 11) is 0. The van der Waals surface area contributed by atoms with Crippen LogP contribution in [-0.4, -0.2) is 29.5 Å². The second-order valence-corrected chi connectivity index (χ2v) is 4.82. The largest absolute Gasteiger partial charge is 0.484 e. The number of amides is 1. The molecule has 0 aliphatic rings. The van der Waals surface area contributed by atoms with Crippen molar-refractivity contribution >= 4 is 23.2 Å². The molecule has 1 unspecified atom stereocenters. The van der Waals surface area contributed by atoms with E-state index in [0.29, 0.717) is 11.6 Å². The molecule has 0 saturated heterocycles. The van der Waals surface area contributed by atoms with Gasteiger partial charge < -0.3 is 15.8 Å². The van der Waals surface area contributed by atoms with Crippen LogP contribution in [0.1, 0.15) is 13.8 Å². The summed E-state index contributed by atoms with van der Waals surface area (Å²) in [4.78, 5) is 21.7. The lowest BCUT2D eigenvalue weighted by molar-refractivity contribution is -0.385. The minimum Gasteiger partial charge on any atom is -0.484 e. The maximum absolute atomic E-state index is 11.4. The molecule has 0 aromatic heterocycles. The van der Waals surface area contributed by atoms with Gasteiger partial charge in [-0.25, -0.2) is 0 Å². The van der Waals surface area contributed by atoms with Gasteiger partial charge in [0.25, 0.3) is 0 Å². The molecule has 1 aromatic carbocycles. The van der Waals surface area contributed by atoms with Crippen LogP contribution in [0.15, 0.2) is 18.2 Å². The van der Waals surface area contributed by atoms with E-state index in [1.165, 1.54) is 18.2 Å². The summed E-state index contributed by atoms with van der Waals surface area (Å²) in [6, 6.07) is 3.96. The third kappa shape index (κ3) is 3.82. The normalized spacial score (nSPS) is 13.6. The van der Waals surface area contributed by atoms with E-state index in [0.717, 1.165) is 0 Å². The highest BCUT2D eigenvalue weighted by Gasteiger charge is 2.32. The topological polar surface area (TPSA) is 107 Å². The number of primary amides is 1. The monoisotopic (exact) mass is 301 g/mol. The van der Waals surface area contributed by atoms with Gasteiger partial charge in [-0.2, -0.15) is 0 Å². The van der Waals surface area contributed by atoms with Crippen molar-refractivity contribution in [3.8, 4) is 5.75 Å². The van der Waals surface area contributed by atoms with Crippen LogP contribution in [0.5, 0.6) is 5.75 Å². The number of benzene rings is 1. The van der Waals surface area contributed by atoms with Gasteiger partial charge in [0.05, 0.1) is 4.92 Å². The molecule has 0 aliphatic heterocycles. The van der Waals surface area contributed by atoms with Crippen molar-refractivity contribution in [1.82, 2.24) is 5.32 Å². The number of likely N-dealkylation sites (N-methyl/N-ethyl adjacent to an activating group) is 1. The number of hydrogen-bond acceptors (Lipinski definition) is 5. The number of rotatable bonds is 7. The van der Waals surface area contributed by atoms with Crippen LogP contribution in [0.3, 0.4) is 0 Å². The molecule has 20 heavy (non-hydrogen) atoms. The average Bonchev–Trinajstić information content (AvgIpc) is 2.36. The van der Waals surface area contributed by atoms with Gasteiger partial charge in [-0.3, -0.25) is 14.9 Å². The van der Waals surface area contributed by atoms with Gasteiger partial charge in [0.15, 0.2) is 5.75 Å². The van der Waals surface area contributed by atoms with Gasteiger partial charge in [0, 0.05) is 17.2 Å². The molecule has 1 amide bonds. The maximum atomic E-state index is 11.4. The number of nitro benzene ring substituents is 1. The smallest absolute Gasteiger partial charge is 0.311 e. The lowest BCUT2D eigenvalue weighted by Crippen LogP contribution is -2.57. The van der Waals surface area contributed by atoms with E-state index >= 15 is 0 Å². The van der Waals surface area contributed by atoms with Gasteiger partial charge in [-0.05, 0) is 19.5 Å². The Morgan fingerprint density at radius 1 is 1.60 bits per heavy atom. The Morgan fingerprint density at radius 3 is 2.75 bits per heavy atom. The van der Waals surface area contributed by atoms with Crippen molar-refractivity contribution in [3.05, 3.63) is 33.3 Å². The van der Waals surface area contributed by atoms with Gasteiger partial charge in [0.2, 0.25) is 5.91 Å². The van der Waals surface area contributed by atoms with E-state index in [-0.39, 0.29) is 18.0 Å². The quantitative estimate of drug-likeness (QED) is 0.586. The standard InChI is InChI=1S/C12H16ClN3O4/c1-3-15-12(2,11(14)17)7-20-10-6-8(13)4-5-9(10)16(18)19/h4-6,15H,3,7H2,1-2H3,(H2,14,17). The summed E-state index contributed by atoms with van der Waals surface area (Å²) in [6.07, 6.45) is 0. The number of halogens is 1. The number of nitrogens with zero attached hydrogens (tertiary/aromatic N) is 1. The van der Waals surface area contributed by atoms with Crippen LogP contribution >= 0.6 is 11.6 Å². The Balaban J connectivity index is 2.96. The molecule has 110 valence electrons. The summed E-state index contributed by atoms with van der Waals surface area (Å²) >= 11 is 5.79. The third-order valence-corrected chi connectivity index (χ3v) is 2.98. The number of ether oxygens (including phenoxy) is 1. The fourth-order valence-electron chi connectivity index (χ4n) is 1.58. The van der Waals surface area contributed by atoms with Crippen LogP contribution in [0.2, 0.25) is 5.02 Å². The molecule has 1 atom stereocenters. The Labute approximate surface area is 121 Å². The summed E-state index contributed by atoms with van der Waals surface area (Å²) in [6.45, 7) is 3.73. The lowest BCUT2D eigenvalue weighted by Gasteiger charge is -2.26. The van der Waals surface area contributed by atoms with Gasteiger partial charge in [-0.15, -0.1) is 0 Å². The van der Waals surface area contributed by atoms with E-state index < -0.39 is 16.4 Å². The molecule has 1 rings (SSSR count). The molecule has 0 bridgehead atoms. The van der Waals surface area contributed by atoms with Crippen LogP contribution < -0.4 is 15.8 Å². The highest BCUT2D eigenvalue weighted by atomic mass is 35.5. The summed E-state index contributed by atoms with van der Waals surface area (Å²) < 4.78 is 5.37. The molecule has 0 fully saturated rings. The highest BCUT2D eigenvalue weighted by Crippen LogP contribution is 2.30. The number of carbonyl (C=O) groups is 1. The minimum absolute atomic E-state index is 0.00659. The Morgan fingerprint density at radius 2 is 2.25 bits per heavy atom. The summed E-state index contributed by atoms with van der Waals surface area (Å²) in [5, 5.41) is 14.1. The van der Waals surface area contributed by atoms with E-state index in [4.69, 9.17) is 22.1 Å². The van der Waals surface area contributed by atoms with Crippen molar-refractivity contribution in [3.63, 3.8) is 0 Å². The Hall–Kier alpha value is -1.86. The number of carbonyl (C=O) groups excluding carboxylic acids is 1. The third-order valence-electron chi connectivity index (χ3n) is 2.75. The van der Waals surface area contributed by atoms with Crippen LogP contribution in [-0.2, 0) is 4.79 Å². The molecule has 0 saturated carbocycles. The fourth-order valence-corrected chi connectivity index (χ4v) is 1.74. The fraction of sp³-hybridized carbons (Fsp3) is 0.417. The Bertz CT molecular complexity index is 523. The number of nitro groups is 1. The molecule has 0 heterocycles. The molecule has 7 nitrogen and oxygen atoms in total. The van der Waals surface area contributed by atoms with Gasteiger partial charge in [0.1, 0.15) is 12.1 Å². The molecular weight excluding hydrogens is 286 g/mol. The lowest BCUT2D eigenvalue weighted by atomic mass is 10.0. The van der Waals surface area contributed by atoms with E-state index in [9.17, 15) is 14.9 Å². The van der Waals surface area contributed by atoms with Gasteiger partial charge in [-0.1, -0.05) is 18.5 Å². The van der Waals surface area contributed by atoms with Crippen LogP contribution in [0, 0.1) is 10.1 Å². The van der Waals surface area contributed by atoms with Crippen molar-refractivity contribution in [1.29, 1.82) is 0 Å². The van der Waals surface area contributed by atoms with E-state index in [1.54, 1.807) is 6.92 Å². The SMILES string of the molecule is CCNC(C)(COc1cc(Cl)ccc1[N+](=O)[O-])C(N)=O. The van der Waals surface area contributed by atoms with E-state index in [2.05, 4.69) is 5.32 Å². The summed E-state index contributed by atoms with van der Waals surface area (Å²) in [5.41, 5.74) is 3.96. The molecule has 3 N–H and O–H groups in total. The first-order chi connectivity index (χ1) is 9.30. The number of nitrogens with one attached hydrogen (secondary N) is 1. The van der Waals surface area contributed by atoms with Crippen molar-refractivity contribution in [2.24, 2.45) is 5.73 Å². The zero-order valence-corrected chi connectivity index (χ0v) is 11.9. The maximum Gasteiger partial charge on any atom is 0.311 e. The van der Waals surface area contributed by atoms with Crippen molar-refractivity contribution in [2.45, 2.75) is 19.4 Å². The predicted octanol–water partition coefficient (Wildman–Crippen LogP) is 1.48. The number of hydrogen-bond donors (Lipinski definition) is 2. The first-order valence-corrected chi connectivity index (χ1v) is 6.29. The molecular formula is C12H16ClN3O4. The second-order valence-electron chi connectivity index (χ2n) is 4.38. The zero-order chi connectivity index (χ0) is 15.3. The van der Waals surface area contributed by atoms with Crippen LogP contribution in [0.25, 0.3) is 0 Å². The average molecular weight is 302 g/mol. The van der Waals surface area contributed by atoms with E-state index in [1.807, 2.05) is 6.92 Å². The molecule has 0 spiro atoms. The zero-order valence-electron chi connectivity index (χ0n) is 11.2. The molecule has 1 aromatic rings. The van der Waals surface area contributed by atoms with Crippen LogP contribution in [0.4, 0.5) is 5.69 Å². The predicted molar refractivity (Wildman–Crippen MR) is 74.9 cm³/mol. The molecule has 0 aliphatic carbocycles. The minimum atomic E-state index is -1.12. The molecule has 0 radical (unpaired) electrons. The number of nitrogens with two attached hydrogens (primary N) is 1. The highest BCUT2D eigenvalue weighted by molar-refractivity contribution is 6.30. The first kappa shape index (κ1) is 16.2. The van der Waals surface area contributed by atoms with Crippen molar-refractivity contribution < 1.29 is 14.5 Å². The second kappa shape index (κ2) is 6.53.